The molecule has 4 rings (SSSR count). The Morgan fingerprint density at radius 2 is 1.75 bits per heavy atom. The van der Waals surface area contributed by atoms with E-state index in [1.54, 1.807) is 41.8 Å². The highest BCUT2D eigenvalue weighted by Gasteiger charge is 2.41. The van der Waals surface area contributed by atoms with E-state index < -0.39 is 17.6 Å². The molecule has 8 heteroatoms. The van der Waals surface area contributed by atoms with Gasteiger partial charge in [0.15, 0.2) is 0 Å². The first kappa shape index (κ1) is 18.7. The molecule has 0 fully saturated rings. The highest BCUT2D eigenvalue weighted by atomic mass is 35.5. The summed E-state index contributed by atoms with van der Waals surface area (Å²) >= 11 is 13.6. The van der Waals surface area contributed by atoms with Crippen LogP contribution in [0, 0.1) is 5.82 Å². The lowest BCUT2D eigenvalue weighted by atomic mass is 10.2. The Morgan fingerprint density at radius 3 is 2.46 bits per heavy atom. The molecular formula is C20H11Cl2FN2O2S. The van der Waals surface area contributed by atoms with E-state index in [1.165, 1.54) is 29.5 Å². The molecule has 0 saturated carbocycles. The van der Waals surface area contributed by atoms with Gasteiger partial charge < -0.3 is 5.32 Å². The van der Waals surface area contributed by atoms with Crippen LogP contribution in [-0.2, 0) is 9.59 Å². The zero-order chi connectivity index (χ0) is 19.8. The van der Waals surface area contributed by atoms with Gasteiger partial charge in [0.25, 0.3) is 11.8 Å². The molecule has 0 unspecified atom stereocenters. The fraction of sp³-hybridized carbons (Fsp3) is 0. The van der Waals surface area contributed by atoms with Crippen LogP contribution in [0.4, 0.5) is 15.8 Å². The number of hydrogen-bond donors (Lipinski definition) is 1. The Labute approximate surface area is 173 Å². The molecule has 3 aromatic rings. The van der Waals surface area contributed by atoms with E-state index in [1.807, 2.05) is 0 Å². The number of benzene rings is 2. The molecule has 1 aromatic heterocycles. The van der Waals surface area contributed by atoms with E-state index in [2.05, 4.69) is 5.32 Å². The van der Waals surface area contributed by atoms with E-state index in [0.29, 0.717) is 10.6 Å². The molecule has 0 saturated heterocycles. The first-order valence-electron chi connectivity index (χ1n) is 8.11. The fourth-order valence-corrected chi connectivity index (χ4v) is 4.04. The van der Waals surface area contributed by atoms with Gasteiger partial charge in [-0.25, -0.2) is 9.29 Å². The number of hydrogen-bond acceptors (Lipinski definition) is 4. The molecule has 140 valence electrons. The summed E-state index contributed by atoms with van der Waals surface area (Å²) in [6.07, 6.45) is 0. The van der Waals surface area contributed by atoms with Crippen LogP contribution in [-0.4, -0.2) is 11.8 Å². The molecule has 0 aliphatic carbocycles. The van der Waals surface area contributed by atoms with Crippen LogP contribution in [0.3, 0.4) is 0 Å². The second-order valence-electron chi connectivity index (χ2n) is 5.88. The zero-order valence-corrected chi connectivity index (χ0v) is 16.4. The smallest absolute Gasteiger partial charge is 0.282 e. The van der Waals surface area contributed by atoms with E-state index >= 15 is 0 Å². The highest BCUT2D eigenvalue weighted by molar-refractivity contribution is 7.11. The normalized spacial score (nSPS) is 14.2. The lowest BCUT2D eigenvalue weighted by Gasteiger charge is -2.17. The maximum absolute atomic E-state index is 13.6. The molecule has 0 spiro atoms. The second-order valence-corrected chi connectivity index (χ2v) is 7.61. The number of rotatable bonds is 4. The van der Waals surface area contributed by atoms with E-state index in [4.69, 9.17) is 23.2 Å². The first-order chi connectivity index (χ1) is 13.5. The van der Waals surface area contributed by atoms with Gasteiger partial charge in [-0.2, -0.15) is 0 Å². The number of carbonyl (C=O) groups excluding carboxylic acids is 2. The maximum atomic E-state index is 13.6. The van der Waals surface area contributed by atoms with Crippen molar-refractivity contribution < 1.29 is 14.0 Å². The van der Waals surface area contributed by atoms with Gasteiger partial charge in [-0.15, -0.1) is 11.3 Å². The van der Waals surface area contributed by atoms with Crippen molar-refractivity contribution >= 4 is 63.3 Å². The third kappa shape index (κ3) is 3.20. The number of nitrogens with one attached hydrogen (secondary N) is 1. The molecule has 0 radical (unpaired) electrons. The summed E-state index contributed by atoms with van der Waals surface area (Å²) in [7, 11) is 0. The van der Waals surface area contributed by atoms with Gasteiger partial charge >= 0.3 is 0 Å². The predicted octanol–water partition coefficient (Wildman–Crippen LogP) is 5.59. The maximum Gasteiger partial charge on any atom is 0.282 e. The Bertz CT molecular complexity index is 1130. The number of nitrogens with zero attached hydrogens (tertiary/aromatic N) is 1. The van der Waals surface area contributed by atoms with Crippen LogP contribution in [0.1, 0.15) is 4.88 Å². The third-order valence-electron chi connectivity index (χ3n) is 4.12. The molecular weight excluding hydrogens is 422 g/mol. The van der Waals surface area contributed by atoms with Gasteiger partial charge in [0, 0.05) is 10.6 Å². The average Bonchev–Trinajstić information content (AvgIpc) is 3.26. The topological polar surface area (TPSA) is 49.4 Å². The van der Waals surface area contributed by atoms with E-state index in [9.17, 15) is 14.0 Å². The number of anilines is 2. The second kappa shape index (κ2) is 7.39. The van der Waals surface area contributed by atoms with E-state index in [-0.39, 0.29) is 27.0 Å². The number of halogens is 3. The summed E-state index contributed by atoms with van der Waals surface area (Å²) in [6, 6.07) is 13.9. The van der Waals surface area contributed by atoms with Gasteiger partial charge in [-0.1, -0.05) is 41.4 Å². The minimum Gasteiger partial charge on any atom is -0.350 e. The molecule has 2 amide bonds. The highest BCUT2D eigenvalue weighted by Crippen LogP contribution is 2.40. The Hall–Kier alpha value is -2.67. The summed E-state index contributed by atoms with van der Waals surface area (Å²) in [5.74, 6) is -1.59. The monoisotopic (exact) mass is 432 g/mol. The van der Waals surface area contributed by atoms with Crippen molar-refractivity contribution in [3.63, 3.8) is 0 Å². The summed E-state index contributed by atoms with van der Waals surface area (Å²) in [6.45, 7) is 0. The molecule has 28 heavy (non-hydrogen) atoms. The van der Waals surface area contributed by atoms with Crippen LogP contribution in [0.25, 0.3) is 5.57 Å². The van der Waals surface area contributed by atoms with Crippen LogP contribution in [0.5, 0.6) is 0 Å². The molecule has 1 N–H and O–H groups in total. The number of carbonyl (C=O) groups is 2. The Balaban J connectivity index is 1.83. The Kier molecular flexibility index (Phi) is 4.93. The van der Waals surface area contributed by atoms with Crippen LogP contribution >= 0.6 is 34.5 Å². The van der Waals surface area contributed by atoms with Crippen molar-refractivity contribution in [2.24, 2.45) is 0 Å². The number of imide groups is 1. The Morgan fingerprint density at radius 1 is 0.964 bits per heavy atom. The lowest BCUT2D eigenvalue weighted by molar-refractivity contribution is -0.120. The lowest BCUT2D eigenvalue weighted by Crippen LogP contribution is -2.32. The van der Waals surface area contributed by atoms with Gasteiger partial charge in [0.1, 0.15) is 11.5 Å². The standard InChI is InChI=1S/C20H11Cl2FN2O2S/c21-13-6-2-7-14(17(13)22)25-19(26)16(15-8-3-9-28-15)18(20(25)27)24-12-5-1-4-11(23)10-12/h1-10,24H. The largest absolute Gasteiger partial charge is 0.350 e. The summed E-state index contributed by atoms with van der Waals surface area (Å²) in [5.41, 5.74) is 0.785. The predicted molar refractivity (Wildman–Crippen MR) is 110 cm³/mol. The summed E-state index contributed by atoms with van der Waals surface area (Å²) in [5, 5.41) is 5.02. The molecule has 0 bridgehead atoms. The third-order valence-corrected chi connectivity index (χ3v) is 5.81. The van der Waals surface area contributed by atoms with Crippen molar-refractivity contribution in [1.82, 2.24) is 0 Å². The molecule has 2 heterocycles. The van der Waals surface area contributed by atoms with Gasteiger partial charge in [-0.3, -0.25) is 9.59 Å². The van der Waals surface area contributed by atoms with Crippen molar-refractivity contribution in [2.45, 2.75) is 0 Å². The molecule has 0 atom stereocenters. The van der Waals surface area contributed by atoms with Crippen LogP contribution in [0.15, 0.2) is 65.7 Å². The summed E-state index contributed by atoms with van der Waals surface area (Å²) < 4.78 is 13.6. The number of amides is 2. The molecule has 4 nitrogen and oxygen atoms in total. The van der Waals surface area contributed by atoms with Gasteiger partial charge in [0.05, 0.1) is 21.3 Å². The summed E-state index contributed by atoms with van der Waals surface area (Å²) in [4.78, 5) is 27.9. The SMILES string of the molecule is O=C1C(Nc2cccc(F)c2)=C(c2cccs2)C(=O)N1c1cccc(Cl)c1Cl. The molecule has 1 aliphatic heterocycles. The molecule has 1 aliphatic rings. The molecule has 2 aromatic carbocycles. The van der Waals surface area contributed by atoms with Crippen molar-refractivity contribution in [3.8, 4) is 0 Å². The number of thiophene rings is 1. The van der Waals surface area contributed by atoms with Gasteiger partial charge in [0.2, 0.25) is 0 Å². The quantitative estimate of drug-likeness (QED) is 0.546. The van der Waals surface area contributed by atoms with Crippen molar-refractivity contribution in [1.29, 1.82) is 0 Å². The zero-order valence-electron chi connectivity index (χ0n) is 14.1. The minimum absolute atomic E-state index is 0.0501. The minimum atomic E-state index is -0.596. The van der Waals surface area contributed by atoms with Crippen molar-refractivity contribution in [2.75, 3.05) is 10.2 Å². The van der Waals surface area contributed by atoms with Crippen LogP contribution in [0.2, 0.25) is 10.0 Å². The fourth-order valence-electron chi connectivity index (χ4n) is 2.89. The van der Waals surface area contributed by atoms with E-state index in [0.717, 1.165) is 4.90 Å². The van der Waals surface area contributed by atoms with Gasteiger partial charge in [-0.05, 0) is 41.8 Å². The van der Waals surface area contributed by atoms with Crippen molar-refractivity contribution in [3.05, 3.63) is 86.4 Å². The first-order valence-corrected chi connectivity index (χ1v) is 9.74. The van der Waals surface area contributed by atoms with Crippen LogP contribution < -0.4 is 10.2 Å². The average molecular weight is 433 g/mol.